The van der Waals surface area contributed by atoms with Crippen molar-refractivity contribution in [3.8, 4) is 0 Å². The predicted octanol–water partition coefficient (Wildman–Crippen LogP) is 3.02. The molecule has 3 rings (SSSR count). The van der Waals surface area contributed by atoms with Gasteiger partial charge in [0.2, 0.25) is 0 Å². The van der Waals surface area contributed by atoms with Crippen molar-refractivity contribution in [3.05, 3.63) is 56.1 Å². The maximum atomic E-state index is 12.5. The summed E-state index contributed by atoms with van der Waals surface area (Å²) in [4.78, 5) is 29.2. The quantitative estimate of drug-likeness (QED) is 0.922. The minimum absolute atomic E-state index is 0.0459. The number of rotatable bonds is 5. The van der Waals surface area contributed by atoms with Crippen LogP contribution in [0, 0.1) is 0 Å². The monoisotopic (exact) mass is 316 g/mol. The highest BCUT2D eigenvalue weighted by molar-refractivity contribution is 7.07. The summed E-state index contributed by atoms with van der Waals surface area (Å²) in [6.07, 6.45) is 3.05. The minimum Gasteiger partial charge on any atom is -0.338 e. The largest absolute Gasteiger partial charge is 0.338 e. The highest BCUT2D eigenvalue weighted by Crippen LogP contribution is 2.38. The Balaban J connectivity index is 1.73. The van der Waals surface area contributed by atoms with Crippen LogP contribution in [0.2, 0.25) is 0 Å². The molecule has 1 saturated carbocycles. The van der Waals surface area contributed by atoms with Crippen molar-refractivity contribution in [1.82, 2.24) is 9.88 Å². The molecule has 1 unspecified atom stereocenters. The molecule has 1 N–H and O–H groups in total. The Morgan fingerprint density at radius 2 is 2.18 bits per heavy atom. The van der Waals surface area contributed by atoms with Crippen molar-refractivity contribution in [1.29, 1.82) is 0 Å². The molecule has 1 aliphatic carbocycles. The van der Waals surface area contributed by atoms with Gasteiger partial charge in [0.05, 0.1) is 0 Å². The zero-order valence-corrected chi connectivity index (χ0v) is 13.7. The van der Waals surface area contributed by atoms with Gasteiger partial charge in [0.15, 0.2) is 0 Å². The number of nitrogens with zero attached hydrogens (tertiary/aromatic N) is 1. The number of hydrogen-bond acceptors (Lipinski definition) is 3. The van der Waals surface area contributed by atoms with Gasteiger partial charge in [-0.3, -0.25) is 9.59 Å². The summed E-state index contributed by atoms with van der Waals surface area (Å²) in [6, 6.07) is 5.66. The van der Waals surface area contributed by atoms with Crippen molar-refractivity contribution in [3.63, 3.8) is 0 Å². The van der Waals surface area contributed by atoms with Crippen LogP contribution in [0.4, 0.5) is 0 Å². The van der Waals surface area contributed by atoms with E-state index in [0.717, 1.165) is 25.0 Å². The van der Waals surface area contributed by atoms with Crippen LogP contribution in [0.15, 0.2) is 33.8 Å². The topological polar surface area (TPSA) is 53.2 Å². The number of hydrogen-bond donors (Lipinski definition) is 1. The summed E-state index contributed by atoms with van der Waals surface area (Å²) < 4.78 is 0. The Hall–Kier alpha value is -1.88. The van der Waals surface area contributed by atoms with Crippen molar-refractivity contribution in [2.75, 3.05) is 7.05 Å². The van der Waals surface area contributed by atoms with Crippen molar-refractivity contribution in [2.24, 2.45) is 0 Å². The lowest BCUT2D eigenvalue weighted by Gasteiger charge is -2.24. The third-order valence-corrected chi connectivity index (χ3v) is 5.00. The maximum absolute atomic E-state index is 12.5. The highest BCUT2D eigenvalue weighted by atomic mass is 32.1. The second-order valence-electron chi connectivity index (χ2n) is 6.03. The van der Waals surface area contributed by atoms with Crippen LogP contribution in [0.25, 0.3) is 0 Å². The SMILES string of the molecule is CC(Cc1ccsc1)N(C)C(=O)c1ccc(C2CC2)[nH]c1=O. The van der Waals surface area contributed by atoms with E-state index in [-0.39, 0.29) is 23.1 Å². The summed E-state index contributed by atoms with van der Waals surface area (Å²) in [6.45, 7) is 2.00. The molecule has 2 heterocycles. The van der Waals surface area contributed by atoms with E-state index < -0.39 is 0 Å². The summed E-state index contributed by atoms with van der Waals surface area (Å²) in [5, 5.41) is 4.12. The van der Waals surface area contributed by atoms with Gasteiger partial charge in [0.25, 0.3) is 11.5 Å². The van der Waals surface area contributed by atoms with Crippen LogP contribution in [-0.4, -0.2) is 28.9 Å². The molecule has 0 aliphatic heterocycles. The van der Waals surface area contributed by atoms with E-state index in [0.29, 0.717) is 5.92 Å². The number of amides is 1. The zero-order valence-electron chi connectivity index (χ0n) is 12.8. The average molecular weight is 316 g/mol. The number of likely N-dealkylation sites (N-methyl/N-ethyl adjacent to an activating group) is 1. The first-order chi connectivity index (χ1) is 10.6. The lowest BCUT2D eigenvalue weighted by atomic mass is 10.1. The van der Waals surface area contributed by atoms with E-state index >= 15 is 0 Å². The molecule has 2 aromatic heterocycles. The molecule has 5 heteroatoms. The minimum atomic E-state index is -0.274. The molecule has 116 valence electrons. The molecular weight excluding hydrogens is 296 g/mol. The van der Waals surface area contributed by atoms with Crippen LogP contribution in [-0.2, 0) is 6.42 Å². The summed E-state index contributed by atoms with van der Waals surface area (Å²) in [7, 11) is 1.76. The van der Waals surface area contributed by atoms with Gasteiger partial charge in [-0.1, -0.05) is 0 Å². The normalized spacial score (nSPS) is 15.5. The van der Waals surface area contributed by atoms with Crippen molar-refractivity contribution in [2.45, 2.75) is 38.1 Å². The number of carbonyl (C=O) groups is 1. The first-order valence-corrected chi connectivity index (χ1v) is 8.52. The second-order valence-corrected chi connectivity index (χ2v) is 6.81. The molecule has 0 spiro atoms. The predicted molar refractivity (Wildman–Crippen MR) is 88.6 cm³/mol. The van der Waals surface area contributed by atoms with Gasteiger partial charge >= 0.3 is 0 Å². The van der Waals surface area contributed by atoms with Gasteiger partial charge in [-0.15, -0.1) is 0 Å². The molecule has 0 aromatic carbocycles. The van der Waals surface area contributed by atoms with E-state index in [1.165, 1.54) is 5.56 Å². The molecule has 4 nitrogen and oxygen atoms in total. The van der Waals surface area contributed by atoms with Gasteiger partial charge in [-0.2, -0.15) is 11.3 Å². The molecule has 0 saturated heterocycles. The molecule has 0 bridgehead atoms. The van der Waals surface area contributed by atoms with E-state index in [1.807, 2.05) is 18.4 Å². The smallest absolute Gasteiger partial charge is 0.261 e. The van der Waals surface area contributed by atoms with Gasteiger partial charge in [0.1, 0.15) is 5.56 Å². The number of nitrogens with one attached hydrogen (secondary N) is 1. The lowest BCUT2D eigenvalue weighted by Crippen LogP contribution is -2.39. The molecule has 0 radical (unpaired) electrons. The fraction of sp³-hybridized carbons (Fsp3) is 0.412. The third kappa shape index (κ3) is 3.14. The van der Waals surface area contributed by atoms with Crippen LogP contribution in [0.5, 0.6) is 0 Å². The number of aromatic amines is 1. The summed E-state index contributed by atoms with van der Waals surface area (Å²) >= 11 is 1.65. The Morgan fingerprint density at radius 3 is 2.77 bits per heavy atom. The third-order valence-electron chi connectivity index (χ3n) is 4.27. The fourth-order valence-corrected chi connectivity index (χ4v) is 3.25. The van der Waals surface area contributed by atoms with Gasteiger partial charge in [-0.25, -0.2) is 0 Å². The molecule has 1 atom stereocenters. The van der Waals surface area contributed by atoms with Crippen LogP contribution < -0.4 is 5.56 Å². The van der Waals surface area contributed by atoms with Crippen LogP contribution >= 0.6 is 11.3 Å². The van der Waals surface area contributed by atoms with E-state index in [2.05, 4.69) is 16.4 Å². The second kappa shape index (κ2) is 6.08. The zero-order chi connectivity index (χ0) is 15.7. The highest BCUT2D eigenvalue weighted by Gasteiger charge is 2.26. The van der Waals surface area contributed by atoms with E-state index in [4.69, 9.17) is 0 Å². The van der Waals surface area contributed by atoms with Gasteiger partial charge in [0, 0.05) is 18.8 Å². The number of carbonyl (C=O) groups excluding carboxylic acids is 1. The maximum Gasteiger partial charge on any atom is 0.261 e. The van der Waals surface area contributed by atoms with Crippen LogP contribution in [0.1, 0.15) is 47.3 Å². The first-order valence-electron chi connectivity index (χ1n) is 7.57. The molecule has 2 aromatic rings. The van der Waals surface area contributed by atoms with Gasteiger partial charge in [-0.05, 0) is 66.6 Å². The Labute approximate surface area is 133 Å². The van der Waals surface area contributed by atoms with Crippen LogP contribution in [0.3, 0.4) is 0 Å². The van der Waals surface area contributed by atoms with Gasteiger partial charge < -0.3 is 9.88 Å². The molecule has 1 amide bonds. The van der Waals surface area contributed by atoms with E-state index in [1.54, 1.807) is 29.4 Å². The summed E-state index contributed by atoms with van der Waals surface area (Å²) in [5.74, 6) is 0.262. The first kappa shape index (κ1) is 15.0. The average Bonchev–Trinajstić information content (AvgIpc) is 3.24. The van der Waals surface area contributed by atoms with Crippen molar-refractivity contribution < 1.29 is 4.79 Å². The number of pyridine rings is 1. The number of H-pyrrole nitrogens is 1. The Bertz CT molecular complexity index is 717. The van der Waals surface area contributed by atoms with E-state index in [9.17, 15) is 9.59 Å². The van der Waals surface area contributed by atoms with Crippen molar-refractivity contribution >= 4 is 17.2 Å². The lowest BCUT2D eigenvalue weighted by molar-refractivity contribution is 0.0741. The standard InChI is InChI=1S/C17H20N2O2S/c1-11(9-12-7-8-22-10-12)19(2)17(21)14-5-6-15(13-3-4-13)18-16(14)20/h5-8,10-11,13H,3-4,9H2,1-2H3,(H,18,20). The molecule has 22 heavy (non-hydrogen) atoms. The number of thiophene rings is 1. The Kier molecular flexibility index (Phi) is 4.16. The summed E-state index contributed by atoms with van der Waals surface area (Å²) in [5.41, 5.74) is 2.12. The fourth-order valence-electron chi connectivity index (χ4n) is 2.57. The molecular formula is C17H20N2O2S. The number of aromatic nitrogens is 1. The Morgan fingerprint density at radius 1 is 1.41 bits per heavy atom. The molecule has 1 aliphatic rings. The molecule has 1 fully saturated rings.